The van der Waals surface area contributed by atoms with Gasteiger partial charge >= 0.3 is 5.97 Å². The van der Waals surface area contributed by atoms with Gasteiger partial charge in [-0.2, -0.15) is 0 Å². The molecule has 1 aromatic rings. The summed E-state index contributed by atoms with van der Waals surface area (Å²) < 4.78 is 5.22. The van der Waals surface area contributed by atoms with E-state index in [1.165, 1.54) is 0 Å². The minimum atomic E-state index is -0.431. The Morgan fingerprint density at radius 1 is 1.15 bits per heavy atom. The maximum atomic E-state index is 11.5. The number of nitrogens with one attached hydrogen (secondary N) is 1. The van der Waals surface area contributed by atoms with Gasteiger partial charge in [0.25, 0.3) is 0 Å². The summed E-state index contributed by atoms with van der Waals surface area (Å²) in [5.74, 6) is -0.133. The van der Waals surface area contributed by atoms with Crippen LogP contribution in [0.2, 0.25) is 0 Å². The number of hydrogen-bond acceptors (Lipinski definition) is 4. The summed E-state index contributed by atoms with van der Waals surface area (Å²) in [6.45, 7) is 8.36. The van der Waals surface area contributed by atoms with Crippen molar-refractivity contribution in [3.63, 3.8) is 0 Å². The van der Waals surface area contributed by atoms with Crippen LogP contribution in [0.15, 0.2) is 24.3 Å². The summed E-state index contributed by atoms with van der Waals surface area (Å²) in [5, 5.41) is 3.18. The second-order valence-electron chi connectivity index (χ2n) is 5.77. The van der Waals surface area contributed by atoms with Crippen LogP contribution in [0, 0.1) is 0 Å². The zero-order chi connectivity index (χ0) is 15.2. The van der Waals surface area contributed by atoms with Crippen molar-refractivity contribution < 1.29 is 14.3 Å². The third-order valence-corrected chi connectivity index (χ3v) is 2.62. The Morgan fingerprint density at radius 2 is 1.75 bits per heavy atom. The zero-order valence-electron chi connectivity index (χ0n) is 12.7. The lowest BCUT2D eigenvalue weighted by atomic mass is 10.1. The first-order valence-electron chi connectivity index (χ1n) is 6.80. The Kier molecular flexibility index (Phi) is 5.89. The molecule has 0 aliphatic heterocycles. The van der Waals surface area contributed by atoms with Crippen LogP contribution in [0.5, 0.6) is 0 Å². The predicted octanol–water partition coefficient (Wildman–Crippen LogP) is 2.71. The van der Waals surface area contributed by atoms with Crippen LogP contribution < -0.4 is 5.32 Å². The quantitative estimate of drug-likeness (QED) is 0.493. The molecule has 1 N–H and O–H groups in total. The summed E-state index contributed by atoms with van der Waals surface area (Å²) >= 11 is 0. The van der Waals surface area contributed by atoms with Crippen molar-refractivity contribution in [1.82, 2.24) is 5.32 Å². The van der Waals surface area contributed by atoms with Crippen LogP contribution >= 0.6 is 0 Å². The normalized spacial score (nSPS) is 11.2. The number of esters is 1. The number of rotatable bonds is 6. The molecule has 0 aliphatic carbocycles. The van der Waals surface area contributed by atoms with Crippen LogP contribution in [0.25, 0.3) is 0 Å². The lowest BCUT2D eigenvalue weighted by molar-refractivity contribution is -0.154. The Labute approximate surface area is 120 Å². The number of benzene rings is 1. The fraction of sp³-hybridized carbons (Fsp3) is 0.500. The van der Waals surface area contributed by atoms with E-state index in [9.17, 15) is 9.59 Å². The second kappa shape index (κ2) is 7.20. The molecule has 0 unspecified atom stereocenters. The van der Waals surface area contributed by atoms with E-state index in [2.05, 4.69) is 5.32 Å². The second-order valence-corrected chi connectivity index (χ2v) is 5.77. The standard InChI is InChI=1S/C16H23NO3/c1-12(18)14-7-5-13(6-8-14)11-17-10-9-15(19)20-16(2,3)4/h5-8,17H,9-11H2,1-4H3. The van der Waals surface area contributed by atoms with E-state index in [4.69, 9.17) is 4.74 Å². The van der Waals surface area contributed by atoms with E-state index in [1.54, 1.807) is 6.92 Å². The smallest absolute Gasteiger partial charge is 0.307 e. The van der Waals surface area contributed by atoms with Crippen LogP contribution in [-0.2, 0) is 16.1 Å². The number of carbonyl (C=O) groups is 2. The molecular formula is C16H23NO3. The zero-order valence-corrected chi connectivity index (χ0v) is 12.7. The third kappa shape index (κ3) is 6.48. The van der Waals surface area contributed by atoms with Gasteiger partial charge in [-0.25, -0.2) is 0 Å². The predicted molar refractivity (Wildman–Crippen MR) is 78.6 cm³/mol. The maximum absolute atomic E-state index is 11.5. The molecule has 1 aromatic carbocycles. The summed E-state index contributed by atoms with van der Waals surface area (Å²) in [7, 11) is 0. The van der Waals surface area contributed by atoms with E-state index in [-0.39, 0.29) is 11.8 Å². The van der Waals surface area contributed by atoms with E-state index >= 15 is 0 Å². The van der Waals surface area contributed by atoms with Gasteiger partial charge in [0, 0.05) is 18.7 Å². The number of carbonyl (C=O) groups excluding carboxylic acids is 2. The molecule has 110 valence electrons. The fourth-order valence-electron chi connectivity index (χ4n) is 1.67. The van der Waals surface area contributed by atoms with Gasteiger partial charge in [-0.15, -0.1) is 0 Å². The number of hydrogen-bond donors (Lipinski definition) is 1. The summed E-state index contributed by atoms with van der Waals surface area (Å²) in [6, 6.07) is 7.45. The van der Waals surface area contributed by atoms with Crippen molar-refractivity contribution in [2.24, 2.45) is 0 Å². The molecule has 0 saturated heterocycles. The molecule has 4 heteroatoms. The van der Waals surface area contributed by atoms with E-state index in [1.807, 2.05) is 45.0 Å². The molecule has 0 radical (unpaired) electrons. The molecule has 0 amide bonds. The topological polar surface area (TPSA) is 55.4 Å². The van der Waals surface area contributed by atoms with Gasteiger partial charge in [-0.1, -0.05) is 24.3 Å². The first-order chi connectivity index (χ1) is 9.28. The Balaban J connectivity index is 2.27. The van der Waals surface area contributed by atoms with E-state index in [0.717, 1.165) is 5.56 Å². The molecule has 0 aliphatic rings. The minimum Gasteiger partial charge on any atom is -0.460 e. The van der Waals surface area contributed by atoms with Gasteiger partial charge in [0.2, 0.25) is 0 Å². The van der Waals surface area contributed by atoms with E-state index in [0.29, 0.717) is 25.1 Å². The average molecular weight is 277 g/mol. The van der Waals surface area contributed by atoms with Gasteiger partial charge in [-0.3, -0.25) is 9.59 Å². The lowest BCUT2D eigenvalue weighted by Crippen LogP contribution is -2.26. The SMILES string of the molecule is CC(=O)c1ccc(CNCCC(=O)OC(C)(C)C)cc1. The fourth-order valence-corrected chi connectivity index (χ4v) is 1.67. The van der Waals surface area contributed by atoms with Crippen molar-refractivity contribution >= 4 is 11.8 Å². The van der Waals surface area contributed by atoms with E-state index < -0.39 is 5.60 Å². The van der Waals surface area contributed by atoms with Crippen molar-refractivity contribution in [3.05, 3.63) is 35.4 Å². The number of Topliss-reactive ketones (excluding diaryl/α,β-unsaturated/α-hetero) is 1. The minimum absolute atomic E-state index is 0.0643. The van der Waals surface area contributed by atoms with Crippen molar-refractivity contribution in [2.45, 2.75) is 46.3 Å². The van der Waals surface area contributed by atoms with Crippen molar-refractivity contribution in [2.75, 3.05) is 6.54 Å². The molecular weight excluding hydrogens is 254 g/mol. The molecule has 0 heterocycles. The van der Waals surface area contributed by atoms with Crippen LogP contribution in [0.4, 0.5) is 0 Å². The third-order valence-electron chi connectivity index (χ3n) is 2.62. The first kappa shape index (κ1) is 16.4. The highest BCUT2D eigenvalue weighted by Gasteiger charge is 2.15. The van der Waals surface area contributed by atoms with Gasteiger partial charge in [0.15, 0.2) is 5.78 Å². The molecule has 1 rings (SSSR count). The first-order valence-corrected chi connectivity index (χ1v) is 6.80. The van der Waals surface area contributed by atoms with Gasteiger partial charge in [0.05, 0.1) is 6.42 Å². The largest absolute Gasteiger partial charge is 0.460 e. The molecule has 0 saturated carbocycles. The molecule has 0 bridgehead atoms. The Hall–Kier alpha value is -1.68. The molecule has 0 spiro atoms. The Morgan fingerprint density at radius 3 is 2.25 bits per heavy atom. The Bertz CT molecular complexity index is 458. The average Bonchev–Trinajstić information content (AvgIpc) is 2.33. The summed E-state index contributed by atoms with van der Waals surface area (Å²) in [4.78, 5) is 22.6. The highest BCUT2D eigenvalue weighted by Crippen LogP contribution is 2.08. The van der Waals surface area contributed by atoms with Crippen LogP contribution in [0.3, 0.4) is 0 Å². The van der Waals surface area contributed by atoms with Crippen molar-refractivity contribution in [3.8, 4) is 0 Å². The number of ketones is 1. The molecule has 0 aromatic heterocycles. The summed E-state index contributed by atoms with van der Waals surface area (Å²) in [6.07, 6.45) is 0.350. The molecule has 20 heavy (non-hydrogen) atoms. The van der Waals surface area contributed by atoms with Crippen LogP contribution in [0.1, 0.15) is 50.0 Å². The van der Waals surface area contributed by atoms with Gasteiger partial charge in [0.1, 0.15) is 5.60 Å². The lowest BCUT2D eigenvalue weighted by Gasteiger charge is -2.19. The van der Waals surface area contributed by atoms with Crippen LogP contribution in [-0.4, -0.2) is 23.9 Å². The van der Waals surface area contributed by atoms with Gasteiger partial charge < -0.3 is 10.1 Å². The van der Waals surface area contributed by atoms with Crippen molar-refractivity contribution in [1.29, 1.82) is 0 Å². The molecule has 0 atom stereocenters. The maximum Gasteiger partial charge on any atom is 0.307 e. The molecule has 0 fully saturated rings. The number of ether oxygens (including phenoxy) is 1. The summed E-state index contributed by atoms with van der Waals surface area (Å²) in [5.41, 5.74) is 1.36. The highest BCUT2D eigenvalue weighted by atomic mass is 16.6. The monoisotopic (exact) mass is 277 g/mol. The van der Waals surface area contributed by atoms with Gasteiger partial charge in [-0.05, 0) is 33.3 Å². The molecule has 4 nitrogen and oxygen atoms in total. The highest BCUT2D eigenvalue weighted by molar-refractivity contribution is 5.93.